The summed E-state index contributed by atoms with van der Waals surface area (Å²) in [6, 6.07) is 6.46. The molecule has 1 fully saturated rings. The van der Waals surface area contributed by atoms with Crippen LogP contribution in [0.3, 0.4) is 0 Å². The van der Waals surface area contributed by atoms with Gasteiger partial charge in [0, 0.05) is 0 Å². The van der Waals surface area contributed by atoms with Gasteiger partial charge in [-0.3, -0.25) is 4.68 Å². The van der Waals surface area contributed by atoms with E-state index in [9.17, 15) is 4.39 Å². The molecule has 3 rings (SSSR count). The van der Waals surface area contributed by atoms with E-state index in [1.165, 1.54) is 12.1 Å². The molecule has 1 aromatic heterocycles. The Bertz CT molecular complexity index is 552. The Balaban J connectivity index is 0.00000161. The van der Waals surface area contributed by atoms with Crippen molar-refractivity contribution in [1.29, 1.82) is 0 Å². The Kier molecular flexibility index (Phi) is 5.59. The second-order valence-electron chi connectivity index (χ2n) is 5.07. The molecule has 1 aliphatic rings. The van der Waals surface area contributed by atoms with Gasteiger partial charge in [0.1, 0.15) is 11.9 Å². The first-order valence-corrected chi connectivity index (χ1v) is 6.94. The summed E-state index contributed by atoms with van der Waals surface area (Å²) in [6.07, 6.45) is 5.98. The number of nitrogens with one attached hydrogen (secondary N) is 1. The van der Waals surface area contributed by atoms with Crippen molar-refractivity contribution in [2.24, 2.45) is 0 Å². The maximum absolute atomic E-state index is 12.8. The molecule has 0 aliphatic carbocycles. The largest absolute Gasteiger partial charge is 0.487 e. The minimum atomic E-state index is -0.218. The van der Waals surface area contributed by atoms with Gasteiger partial charge in [-0.15, -0.1) is 12.4 Å². The van der Waals surface area contributed by atoms with Crippen molar-refractivity contribution in [3.63, 3.8) is 0 Å². The van der Waals surface area contributed by atoms with Crippen LogP contribution in [0.25, 0.3) is 0 Å². The smallest absolute Gasteiger partial charge is 0.157 e. The number of aromatic nitrogens is 2. The summed E-state index contributed by atoms with van der Waals surface area (Å²) in [4.78, 5) is 0. The average molecular weight is 312 g/mol. The van der Waals surface area contributed by atoms with Crippen LogP contribution < -0.4 is 10.1 Å². The summed E-state index contributed by atoms with van der Waals surface area (Å²) in [5.74, 6) is 0.586. The van der Waals surface area contributed by atoms with Crippen LogP contribution in [-0.4, -0.2) is 29.0 Å². The molecule has 6 heteroatoms. The van der Waals surface area contributed by atoms with Gasteiger partial charge in [-0.1, -0.05) is 12.1 Å². The molecule has 1 aromatic carbocycles. The highest BCUT2D eigenvalue weighted by molar-refractivity contribution is 5.85. The number of nitrogens with zero attached hydrogens (tertiary/aromatic N) is 2. The molecule has 0 atom stereocenters. The zero-order valence-corrected chi connectivity index (χ0v) is 12.5. The van der Waals surface area contributed by atoms with Gasteiger partial charge in [0.05, 0.1) is 18.9 Å². The molecule has 2 aromatic rings. The molecule has 0 radical (unpaired) electrons. The lowest BCUT2D eigenvalue weighted by Crippen LogP contribution is -2.34. The minimum absolute atomic E-state index is 0. The predicted molar refractivity (Wildman–Crippen MR) is 81.5 cm³/mol. The summed E-state index contributed by atoms with van der Waals surface area (Å²) in [5.41, 5.74) is 1.02. The van der Waals surface area contributed by atoms with Crippen molar-refractivity contribution in [1.82, 2.24) is 15.1 Å². The van der Waals surface area contributed by atoms with E-state index in [0.29, 0.717) is 6.54 Å². The normalized spacial score (nSPS) is 15.5. The summed E-state index contributed by atoms with van der Waals surface area (Å²) < 4.78 is 20.6. The molecule has 21 heavy (non-hydrogen) atoms. The second kappa shape index (κ2) is 7.43. The first kappa shape index (κ1) is 15.8. The van der Waals surface area contributed by atoms with Gasteiger partial charge >= 0.3 is 0 Å². The maximum Gasteiger partial charge on any atom is 0.157 e. The monoisotopic (exact) mass is 311 g/mol. The summed E-state index contributed by atoms with van der Waals surface area (Å²) in [6.45, 7) is 2.64. The topological polar surface area (TPSA) is 39.1 Å². The van der Waals surface area contributed by atoms with Crippen LogP contribution in [0, 0.1) is 5.82 Å². The van der Waals surface area contributed by atoms with E-state index in [1.807, 2.05) is 10.9 Å². The first-order chi connectivity index (χ1) is 9.79. The van der Waals surface area contributed by atoms with Crippen LogP contribution in [0.1, 0.15) is 18.4 Å². The number of rotatable bonds is 4. The quantitative estimate of drug-likeness (QED) is 0.943. The predicted octanol–water partition coefficient (Wildman–Crippen LogP) is 2.62. The summed E-state index contributed by atoms with van der Waals surface area (Å²) in [5, 5.41) is 7.59. The molecule has 2 heterocycles. The summed E-state index contributed by atoms with van der Waals surface area (Å²) >= 11 is 0. The van der Waals surface area contributed by atoms with Crippen molar-refractivity contribution < 1.29 is 9.13 Å². The highest BCUT2D eigenvalue weighted by Crippen LogP contribution is 2.16. The highest BCUT2D eigenvalue weighted by atomic mass is 35.5. The van der Waals surface area contributed by atoms with Gasteiger partial charge in [-0.2, -0.15) is 5.10 Å². The molecule has 0 spiro atoms. The molecule has 114 valence electrons. The van der Waals surface area contributed by atoms with Gasteiger partial charge < -0.3 is 10.1 Å². The highest BCUT2D eigenvalue weighted by Gasteiger charge is 2.15. The molecule has 1 saturated heterocycles. The van der Waals surface area contributed by atoms with Crippen molar-refractivity contribution >= 4 is 12.4 Å². The molecule has 1 N–H and O–H groups in total. The standard InChI is InChI=1S/C15H18FN3O.ClH/c16-13-3-1-12(2-4-13)10-19-11-15(9-18-19)20-14-5-7-17-8-6-14;/h1-4,9,11,14,17H,5-8,10H2;1H. The van der Waals surface area contributed by atoms with Crippen molar-refractivity contribution in [3.8, 4) is 5.75 Å². The van der Waals surface area contributed by atoms with E-state index in [0.717, 1.165) is 37.2 Å². The van der Waals surface area contributed by atoms with Crippen LogP contribution in [0.15, 0.2) is 36.7 Å². The van der Waals surface area contributed by atoms with Gasteiger partial charge in [-0.25, -0.2) is 4.39 Å². The molecule has 0 bridgehead atoms. The molecule has 4 nitrogen and oxygen atoms in total. The lowest BCUT2D eigenvalue weighted by atomic mass is 10.1. The van der Waals surface area contributed by atoms with Gasteiger partial charge in [-0.05, 0) is 43.6 Å². The Morgan fingerprint density at radius 2 is 1.95 bits per heavy atom. The third-order valence-corrected chi connectivity index (χ3v) is 3.46. The molecule has 1 aliphatic heterocycles. The fraction of sp³-hybridized carbons (Fsp3) is 0.400. The third-order valence-electron chi connectivity index (χ3n) is 3.46. The van der Waals surface area contributed by atoms with E-state index in [2.05, 4.69) is 10.4 Å². The van der Waals surface area contributed by atoms with E-state index < -0.39 is 0 Å². The Morgan fingerprint density at radius 1 is 1.24 bits per heavy atom. The number of hydrogen-bond acceptors (Lipinski definition) is 3. The second-order valence-corrected chi connectivity index (χ2v) is 5.07. The van der Waals surface area contributed by atoms with Crippen LogP contribution in [0.2, 0.25) is 0 Å². The molecule has 0 amide bonds. The van der Waals surface area contributed by atoms with E-state index in [1.54, 1.807) is 18.3 Å². The minimum Gasteiger partial charge on any atom is -0.487 e. The average Bonchev–Trinajstić information content (AvgIpc) is 2.90. The lowest BCUT2D eigenvalue weighted by Gasteiger charge is -2.22. The first-order valence-electron chi connectivity index (χ1n) is 6.94. The van der Waals surface area contributed by atoms with Gasteiger partial charge in [0.2, 0.25) is 0 Å². The Hall–Kier alpha value is -1.59. The summed E-state index contributed by atoms with van der Waals surface area (Å²) in [7, 11) is 0. The van der Waals surface area contributed by atoms with Crippen molar-refractivity contribution in [2.75, 3.05) is 13.1 Å². The van der Waals surface area contributed by atoms with E-state index in [-0.39, 0.29) is 24.3 Å². The maximum atomic E-state index is 12.8. The molecule has 0 saturated carbocycles. The molecular weight excluding hydrogens is 293 g/mol. The zero-order chi connectivity index (χ0) is 13.8. The Morgan fingerprint density at radius 3 is 2.67 bits per heavy atom. The fourth-order valence-corrected chi connectivity index (χ4v) is 2.37. The number of hydrogen-bond donors (Lipinski definition) is 1. The van der Waals surface area contributed by atoms with Crippen LogP contribution in [0.5, 0.6) is 5.75 Å². The molecule has 0 unspecified atom stereocenters. The number of benzene rings is 1. The number of halogens is 2. The van der Waals surface area contributed by atoms with E-state index >= 15 is 0 Å². The SMILES string of the molecule is Cl.Fc1ccc(Cn2cc(OC3CCNCC3)cn2)cc1. The number of ether oxygens (including phenoxy) is 1. The van der Waals surface area contributed by atoms with Crippen LogP contribution in [-0.2, 0) is 6.54 Å². The van der Waals surface area contributed by atoms with Gasteiger partial charge in [0.15, 0.2) is 5.75 Å². The van der Waals surface area contributed by atoms with Crippen molar-refractivity contribution in [3.05, 3.63) is 48.0 Å². The van der Waals surface area contributed by atoms with Crippen LogP contribution >= 0.6 is 12.4 Å². The fourth-order valence-electron chi connectivity index (χ4n) is 2.37. The molecular formula is C15H19ClFN3O. The van der Waals surface area contributed by atoms with E-state index in [4.69, 9.17) is 4.74 Å². The van der Waals surface area contributed by atoms with Gasteiger partial charge in [0.25, 0.3) is 0 Å². The number of piperidine rings is 1. The Labute approximate surface area is 129 Å². The zero-order valence-electron chi connectivity index (χ0n) is 11.7. The lowest BCUT2D eigenvalue weighted by molar-refractivity contribution is 0.162. The third kappa shape index (κ3) is 4.44. The van der Waals surface area contributed by atoms with Crippen LogP contribution in [0.4, 0.5) is 4.39 Å². The van der Waals surface area contributed by atoms with Crippen molar-refractivity contribution in [2.45, 2.75) is 25.5 Å².